The lowest BCUT2D eigenvalue weighted by atomic mass is 10.0. The molecule has 8 nitrogen and oxygen atoms in total. The monoisotopic (exact) mass is 561 g/mol. The summed E-state index contributed by atoms with van der Waals surface area (Å²) in [6.07, 6.45) is 5.18. The molecule has 0 bridgehead atoms. The largest absolute Gasteiger partial charge is 0.369 e. The number of amides is 1. The lowest BCUT2D eigenvalue weighted by molar-refractivity contribution is 0.102. The Labute approximate surface area is 237 Å². The van der Waals surface area contributed by atoms with Crippen LogP contribution in [0.15, 0.2) is 54.9 Å². The minimum Gasteiger partial charge on any atom is -0.369 e. The van der Waals surface area contributed by atoms with Gasteiger partial charge in [0.25, 0.3) is 5.91 Å². The summed E-state index contributed by atoms with van der Waals surface area (Å²) in [6, 6.07) is 13.4. The number of carbonyl (C=O) groups excluding carboxylic acids is 1. The van der Waals surface area contributed by atoms with Gasteiger partial charge >= 0.3 is 0 Å². The van der Waals surface area contributed by atoms with Gasteiger partial charge in [0.2, 0.25) is 5.95 Å². The molecule has 1 saturated heterocycles. The van der Waals surface area contributed by atoms with Crippen molar-refractivity contribution in [1.82, 2.24) is 19.4 Å². The van der Waals surface area contributed by atoms with Gasteiger partial charge in [0.15, 0.2) is 0 Å². The molecular formula is C29H29Cl2N7O. The standard InChI is InChI=1S/C29H29Cl2N7O/c1-18-4-3-5-22(30)26(18)34-28(39)21-10-11-38-25(21)9-6-19-17-32-29(35-27(19)38)33-24-8-7-20(16-23(24)31)37-14-12-36(2)13-15-37/h3-5,7-8,10-11,16-17H,6,9,12-15H2,1-2H3,(H,34,39)(H,32,33,35). The molecule has 10 heteroatoms. The smallest absolute Gasteiger partial charge is 0.257 e. The first-order valence-electron chi connectivity index (χ1n) is 13.0. The van der Waals surface area contributed by atoms with Crippen LogP contribution in [0.5, 0.6) is 0 Å². The zero-order valence-corrected chi connectivity index (χ0v) is 23.4. The van der Waals surface area contributed by atoms with Crippen molar-refractivity contribution >= 4 is 52.1 Å². The number of carbonyl (C=O) groups is 1. The van der Waals surface area contributed by atoms with E-state index in [0.717, 1.165) is 66.6 Å². The molecule has 0 spiro atoms. The van der Waals surface area contributed by atoms with Crippen molar-refractivity contribution in [2.24, 2.45) is 0 Å². The van der Waals surface area contributed by atoms with Gasteiger partial charge in [-0.2, -0.15) is 4.98 Å². The van der Waals surface area contributed by atoms with Gasteiger partial charge in [-0.1, -0.05) is 35.3 Å². The van der Waals surface area contributed by atoms with E-state index in [9.17, 15) is 4.79 Å². The molecule has 6 rings (SSSR count). The zero-order valence-electron chi connectivity index (χ0n) is 21.8. The molecule has 2 aromatic heterocycles. The maximum atomic E-state index is 13.2. The number of para-hydroxylation sites is 1. The van der Waals surface area contributed by atoms with E-state index < -0.39 is 0 Å². The summed E-state index contributed by atoms with van der Waals surface area (Å²) >= 11 is 13.0. The van der Waals surface area contributed by atoms with Crippen molar-refractivity contribution in [1.29, 1.82) is 0 Å². The number of likely N-dealkylation sites (N-methyl/N-ethyl adjacent to an activating group) is 1. The Hall–Kier alpha value is -3.59. The van der Waals surface area contributed by atoms with Gasteiger partial charge in [0.05, 0.1) is 27.0 Å². The summed E-state index contributed by atoms with van der Waals surface area (Å²) in [4.78, 5) is 27.2. The van der Waals surface area contributed by atoms with Crippen LogP contribution in [0.4, 0.5) is 23.0 Å². The third-order valence-electron chi connectivity index (χ3n) is 7.47. The van der Waals surface area contributed by atoms with E-state index in [4.69, 9.17) is 28.2 Å². The van der Waals surface area contributed by atoms with Crippen molar-refractivity contribution in [3.8, 4) is 5.82 Å². The molecule has 2 aliphatic heterocycles. The third kappa shape index (κ3) is 5.07. The summed E-state index contributed by atoms with van der Waals surface area (Å²) in [5.74, 6) is 1.01. The zero-order chi connectivity index (χ0) is 27.1. The van der Waals surface area contributed by atoms with Crippen LogP contribution in [-0.2, 0) is 12.8 Å². The molecule has 1 fully saturated rings. The fourth-order valence-electron chi connectivity index (χ4n) is 5.18. The highest BCUT2D eigenvalue weighted by atomic mass is 35.5. The van der Waals surface area contributed by atoms with Gasteiger partial charge in [-0.25, -0.2) is 4.98 Å². The van der Waals surface area contributed by atoms with Crippen LogP contribution in [0.2, 0.25) is 10.0 Å². The van der Waals surface area contributed by atoms with E-state index in [1.54, 1.807) is 6.07 Å². The van der Waals surface area contributed by atoms with Gasteiger partial charge in [0.1, 0.15) is 5.82 Å². The molecule has 200 valence electrons. The Kier molecular flexibility index (Phi) is 6.93. The minimum atomic E-state index is -0.192. The summed E-state index contributed by atoms with van der Waals surface area (Å²) in [6.45, 7) is 5.94. The van der Waals surface area contributed by atoms with Crippen molar-refractivity contribution in [2.45, 2.75) is 19.8 Å². The molecule has 39 heavy (non-hydrogen) atoms. The molecular weight excluding hydrogens is 533 g/mol. The number of rotatable bonds is 5. The van der Waals surface area contributed by atoms with Gasteiger partial charge in [-0.15, -0.1) is 0 Å². The first-order valence-corrected chi connectivity index (χ1v) is 13.8. The number of fused-ring (bicyclic) bond motifs is 3. The SMILES string of the molecule is Cc1cccc(Cl)c1NC(=O)c1ccn2c1CCc1cnc(Nc3ccc(N4CCN(C)CC4)cc3Cl)nc1-2. The molecule has 2 aromatic carbocycles. The van der Waals surface area contributed by atoms with Gasteiger partial charge in [-0.05, 0) is 62.7 Å². The van der Waals surface area contributed by atoms with Crippen molar-refractivity contribution in [3.63, 3.8) is 0 Å². The topological polar surface area (TPSA) is 78.3 Å². The summed E-state index contributed by atoms with van der Waals surface area (Å²) < 4.78 is 1.97. The van der Waals surface area contributed by atoms with E-state index in [0.29, 0.717) is 33.7 Å². The van der Waals surface area contributed by atoms with Crippen LogP contribution >= 0.6 is 23.2 Å². The van der Waals surface area contributed by atoms with Gasteiger partial charge < -0.3 is 25.0 Å². The molecule has 0 unspecified atom stereocenters. The second kappa shape index (κ2) is 10.5. The Morgan fingerprint density at radius 3 is 2.59 bits per heavy atom. The van der Waals surface area contributed by atoms with Crippen LogP contribution in [0.25, 0.3) is 5.82 Å². The fraction of sp³-hybridized carbons (Fsp3) is 0.276. The van der Waals surface area contributed by atoms with Crippen LogP contribution in [0.1, 0.15) is 27.2 Å². The van der Waals surface area contributed by atoms with Crippen LogP contribution in [0.3, 0.4) is 0 Å². The first-order chi connectivity index (χ1) is 18.9. The third-order valence-corrected chi connectivity index (χ3v) is 8.09. The molecule has 2 aliphatic rings. The number of hydrogen-bond acceptors (Lipinski definition) is 6. The maximum absolute atomic E-state index is 13.2. The summed E-state index contributed by atoms with van der Waals surface area (Å²) in [5.41, 5.74) is 5.93. The van der Waals surface area contributed by atoms with Gasteiger partial charge in [0, 0.05) is 55.5 Å². The molecule has 4 aromatic rings. The maximum Gasteiger partial charge on any atom is 0.257 e. The predicted octanol–water partition coefficient (Wildman–Crippen LogP) is 5.73. The summed E-state index contributed by atoms with van der Waals surface area (Å²) in [7, 11) is 2.14. The molecule has 0 atom stereocenters. The lowest BCUT2D eigenvalue weighted by Gasteiger charge is -2.34. The number of halogens is 2. The Balaban J connectivity index is 1.23. The number of benzene rings is 2. The minimum absolute atomic E-state index is 0.192. The molecule has 0 aliphatic carbocycles. The Morgan fingerprint density at radius 2 is 1.82 bits per heavy atom. The highest BCUT2D eigenvalue weighted by Crippen LogP contribution is 2.32. The van der Waals surface area contributed by atoms with Crippen molar-refractivity contribution in [3.05, 3.63) is 87.3 Å². The second-order valence-electron chi connectivity index (χ2n) is 10.1. The molecule has 0 radical (unpaired) electrons. The average Bonchev–Trinajstić information content (AvgIpc) is 3.37. The van der Waals surface area contributed by atoms with E-state index in [1.165, 1.54) is 0 Å². The number of aromatic nitrogens is 3. The van der Waals surface area contributed by atoms with Crippen LogP contribution < -0.4 is 15.5 Å². The van der Waals surface area contributed by atoms with Crippen LogP contribution in [0, 0.1) is 6.92 Å². The Bertz CT molecular complexity index is 1540. The lowest BCUT2D eigenvalue weighted by Crippen LogP contribution is -2.44. The van der Waals surface area contributed by atoms with Gasteiger partial charge in [-0.3, -0.25) is 4.79 Å². The quantitative estimate of drug-likeness (QED) is 0.324. The highest BCUT2D eigenvalue weighted by molar-refractivity contribution is 6.34. The normalized spacial score (nSPS) is 15.0. The average molecular weight is 563 g/mol. The molecule has 0 saturated carbocycles. The highest BCUT2D eigenvalue weighted by Gasteiger charge is 2.25. The number of piperazine rings is 1. The predicted molar refractivity (Wildman–Crippen MR) is 157 cm³/mol. The summed E-state index contributed by atoms with van der Waals surface area (Å²) in [5, 5.41) is 7.39. The molecule has 1 amide bonds. The van der Waals surface area contributed by atoms with E-state index in [-0.39, 0.29) is 5.91 Å². The van der Waals surface area contributed by atoms with E-state index >= 15 is 0 Å². The first kappa shape index (κ1) is 25.7. The fourth-order valence-corrected chi connectivity index (χ4v) is 5.67. The number of anilines is 4. The van der Waals surface area contributed by atoms with E-state index in [2.05, 4.69) is 38.5 Å². The number of hydrogen-bond donors (Lipinski definition) is 2. The second-order valence-corrected chi connectivity index (χ2v) is 10.9. The number of aryl methyl sites for hydroxylation is 2. The van der Waals surface area contributed by atoms with Crippen molar-refractivity contribution in [2.75, 3.05) is 48.8 Å². The Morgan fingerprint density at radius 1 is 1.00 bits per heavy atom. The van der Waals surface area contributed by atoms with Crippen molar-refractivity contribution < 1.29 is 4.79 Å². The number of nitrogens with one attached hydrogen (secondary N) is 2. The van der Waals surface area contributed by atoms with E-state index in [1.807, 2.05) is 54.2 Å². The van der Waals surface area contributed by atoms with Crippen LogP contribution in [-0.4, -0.2) is 58.6 Å². The molecule has 4 heterocycles. The number of nitrogens with zero attached hydrogens (tertiary/aromatic N) is 5. The molecule has 2 N–H and O–H groups in total.